The molecule has 0 atom stereocenters. The molecule has 0 bridgehead atoms. The third kappa shape index (κ3) is 4.27. The fourth-order valence-corrected chi connectivity index (χ4v) is 1.63. The molecule has 0 aromatic heterocycles. The van der Waals surface area contributed by atoms with Crippen molar-refractivity contribution in [3.05, 3.63) is 39.7 Å². The lowest BCUT2D eigenvalue weighted by Crippen LogP contribution is -2.31. The highest BCUT2D eigenvalue weighted by molar-refractivity contribution is 7.99. The highest BCUT2D eigenvalue weighted by atomic mass is 32.2. The van der Waals surface area contributed by atoms with Crippen molar-refractivity contribution >= 4 is 17.4 Å². The Morgan fingerprint density at radius 1 is 1.50 bits per heavy atom. The molecule has 18 heavy (non-hydrogen) atoms. The molecule has 0 saturated heterocycles. The Bertz CT molecular complexity index is 438. The predicted octanol–water partition coefficient (Wildman–Crippen LogP) is 2.97. The smallest absolute Gasteiger partial charge is 0.304 e. The van der Waals surface area contributed by atoms with Crippen LogP contribution in [0.4, 0.5) is 10.1 Å². The summed E-state index contributed by atoms with van der Waals surface area (Å²) in [5, 5.41) is 13.7. The van der Waals surface area contributed by atoms with Crippen molar-refractivity contribution in [1.29, 1.82) is 0 Å². The average Bonchev–Trinajstić information content (AvgIpc) is 2.28. The normalized spacial score (nSPS) is 11.6. The van der Waals surface area contributed by atoms with Gasteiger partial charge in [0.05, 0.1) is 4.92 Å². The quantitative estimate of drug-likeness (QED) is 0.639. The van der Waals surface area contributed by atoms with Crippen molar-refractivity contribution in [2.45, 2.75) is 25.1 Å². The summed E-state index contributed by atoms with van der Waals surface area (Å²) in [6.07, 6.45) is 2.03. The van der Waals surface area contributed by atoms with E-state index in [0.717, 1.165) is 6.54 Å². The number of nitro benzene ring substituents is 1. The van der Waals surface area contributed by atoms with Crippen LogP contribution in [0.5, 0.6) is 0 Å². The molecule has 0 aliphatic carbocycles. The van der Waals surface area contributed by atoms with Gasteiger partial charge in [0.15, 0.2) is 0 Å². The Kier molecular flexibility index (Phi) is 5.10. The zero-order chi connectivity index (χ0) is 13.8. The lowest BCUT2D eigenvalue weighted by atomic mass is 10.1. The van der Waals surface area contributed by atoms with Crippen LogP contribution in [-0.4, -0.2) is 22.5 Å². The van der Waals surface area contributed by atoms with Crippen LogP contribution in [0.1, 0.15) is 19.4 Å². The molecule has 0 radical (unpaired) electrons. The fraction of sp³-hybridized carbons (Fsp3) is 0.500. The van der Waals surface area contributed by atoms with E-state index in [-0.39, 0.29) is 4.75 Å². The van der Waals surface area contributed by atoms with Gasteiger partial charge in [0, 0.05) is 23.9 Å². The maximum absolute atomic E-state index is 13.4. The van der Waals surface area contributed by atoms with E-state index < -0.39 is 16.4 Å². The molecular formula is C12H17FN2O2S. The molecule has 0 fully saturated rings. The van der Waals surface area contributed by atoms with Crippen LogP contribution >= 0.6 is 11.8 Å². The second-order valence-electron chi connectivity index (χ2n) is 4.61. The molecule has 0 unspecified atom stereocenters. The minimum Gasteiger partial charge on any atom is -0.311 e. The van der Waals surface area contributed by atoms with Crippen LogP contribution < -0.4 is 5.32 Å². The molecule has 0 amide bonds. The van der Waals surface area contributed by atoms with Crippen LogP contribution in [0.15, 0.2) is 18.2 Å². The van der Waals surface area contributed by atoms with Crippen LogP contribution in [0.2, 0.25) is 0 Å². The Hall–Kier alpha value is -1.14. The first-order valence-electron chi connectivity index (χ1n) is 5.54. The maximum Gasteiger partial charge on any atom is 0.304 e. The molecule has 4 nitrogen and oxygen atoms in total. The zero-order valence-corrected chi connectivity index (χ0v) is 11.5. The standard InChI is InChI=1S/C12H17FN2O2S/c1-12(2,18-3)8-14-7-9-4-5-11(15(16)17)10(13)6-9/h4-6,14H,7-8H2,1-3H3. The number of nitrogens with zero attached hydrogens (tertiary/aromatic N) is 1. The predicted molar refractivity (Wildman–Crippen MR) is 72.4 cm³/mol. The highest BCUT2D eigenvalue weighted by Crippen LogP contribution is 2.20. The number of benzene rings is 1. The molecule has 0 saturated carbocycles. The number of halogens is 1. The van der Waals surface area contributed by atoms with Gasteiger partial charge in [0.25, 0.3) is 0 Å². The SMILES string of the molecule is CSC(C)(C)CNCc1ccc([N+](=O)[O-])c(F)c1. The summed E-state index contributed by atoms with van der Waals surface area (Å²) < 4.78 is 13.5. The summed E-state index contributed by atoms with van der Waals surface area (Å²) >= 11 is 1.75. The van der Waals surface area contributed by atoms with Gasteiger partial charge in [-0.2, -0.15) is 16.2 Å². The van der Waals surface area contributed by atoms with E-state index in [1.165, 1.54) is 12.1 Å². The first-order valence-corrected chi connectivity index (χ1v) is 6.77. The Morgan fingerprint density at radius 3 is 2.67 bits per heavy atom. The minimum atomic E-state index is -0.788. The fourth-order valence-electron chi connectivity index (χ4n) is 1.39. The van der Waals surface area contributed by atoms with Gasteiger partial charge in [-0.15, -0.1) is 0 Å². The van der Waals surface area contributed by atoms with Crippen molar-refractivity contribution in [3.63, 3.8) is 0 Å². The summed E-state index contributed by atoms with van der Waals surface area (Å²) in [5.74, 6) is -0.788. The minimum absolute atomic E-state index is 0.110. The van der Waals surface area contributed by atoms with Crippen LogP contribution in [0, 0.1) is 15.9 Å². The summed E-state index contributed by atoms with van der Waals surface area (Å²) in [6, 6.07) is 3.98. The lowest BCUT2D eigenvalue weighted by molar-refractivity contribution is -0.387. The first-order chi connectivity index (χ1) is 8.35. The van der Waals surface area contributed by atoms with E-state index >= 15 is 0 Å². The number of hydrogen-bond acceptors (Lipinski definition) is 4. The Balaban J connectivity index is 2.59. The van der Waals surface area contributed by atoms with E-state index in [9.17, 15) is 14.5 Å². The second-order valence-corrected chi connectivity index (χ2v) is 6.12. The largest absolute Gasteiger partial charge is 0.311 e. The summed E-state index contributed by atoms with van der Waals surface area (Å²) in [6.45, 7) is 5.51. The molecule has 0 aliphatic heterocycles. The third-order valence-corrected chi connectivity index (χ3v) is 3.89. The lowest BCUT2D eigenvalue weighted by Gasteiger charge is -2.22. The topological polar surface area (TPSA) is 55.2 Å². The number of thioether (sulfide) groups is 1. The molecule has 100 valence electrons. The molecule has 0 spiro atoms. The van der Waals surface area contributed by atoms with Gasteiger partial charge in [-0.3, -0.25) is 10.1 Å². The molecule has 1 N–H and O–H groups in total. The van der Waals surface area contributed by atoms with Gasteiger partial charge in [-0.1, -0.05) is 6.07 Å². The van der Waals surface area contributed by atoms with E-state index in [2.05, 4.69) is 19.2 Å². The van der Waals surface area contributed by atoms with Gasteiger partial charge < -0.3 is 5.32 Å². The third-order valence-electron chi connectivity index (χ3n) is 2.64. The highest BCUT2D eigenvalue weighted by Gasteiger charge is 2.16. The first kappa shape index (κ1) is 14.9. The number of nitrogens with one attached hydrogen (secondary N) is 1. The Morgan fingerprint density at radius 2 is 2.17 bits per heavy atom. The maximum atomic E-state index is 13.4. The average molecular weight is 272 g/mol. The van der Waals surface area contributed by atoms with Crippen molar-refractivity contribution in [2.75, 3.05) is 12.8 Å². The van der Waals surface area contributed by atoms with Crippen molar-refractivity contribution in [3.8, 4) is 0 Å². The molecule has 1 rings (SSSR count). The van der Waals surface area contributed by atoms with Crippen LogP contribution in [0.3, 0.4) is 0 Å². The van der Waals surface area contributed by atoms with Gasteiger partial charge in [-0.25, -0.2) is 0 Å². The van der Waals surface area contributed by atoms with E-state index in [0.29, 0.717) is 12.1 Å². The molecular weight excluding hydrogens is 255 g/mol. The Labute approximate surface area is 110 Å². The second kappa shape index (κ2) is 6.15. The van der Waals surface area contributed by atoms with Crippen molar-refractivity contribution < 1.29 is 9.31 Å². The summed E-state index contributed by atoms with van der Waals surface area (Å²) in [7, 11) is 0. The molecule has 1 aromatic carbocycles. The molecule has 6 heteroatoms. The van der Waals surface area contributed by atoms with E-state index in [4.69, 9.17) is 0 Å². The zero-order valence-electron chi connectivity index (χ0n) is 10.7. The number of rotatable bonds is 6. The molecule has 0 aliphatic rings. The molecule has 0 heterocycles. The number of nitro groups is 1. The number of hydrogen-bond donors (Lipinski definition) is 1. The van der Waals surface area contributed by atoms with Gasteiger partial charge in [0.2, 0.25) is 5.82 Å². The van der Waals surface area contributed by atoms with Crippen molar-refractivity contribution in [2.24, 2.45) is 0 Å². The van der Waals surface area contributed by atoms with Gasteiger partial charge in [-0.05, 0) is 31.7 Å². The van der Waals surface area contributed by atoms with Crippen LogP contribution in [-0.2, 0) is 6.54 Å². The summed E-state index contributed by atoms with van der Waals surface area (Å²) in [4.78, 5) is 9.75. The summed E-state index contributed by atoms with van der Waals surface area (Å²) in [5.41, 5.74) is 0.221. The van der Waals surface area contributed by atoms with E-state index in [1.807, 2.05) is 6.26 Å². The molecule has 1 aromatic rings. The monoisotopic (exact) mass is 272 g/mol. The van der Waals surface area contributed by atoms with Crippen LogP contribution in [0.25, 0.3) is 0 Å². The van der Waals surface area contributed by atoms with E-state index in [1.54, 1.807) is 17.8 Å². The van der Waals surface area contributed by atoms with Gasteiger partial charge in [0.1, 0.15) is 0 Å². The van der Waals surface area contributed by atoms with Crippen molar-refractivity contribution in [1.82, 2.24) is 5.32 Å². The van der Waals surface area contributed by atoms with Gasteiger partial charge >= 0.3 is 5.69 Å².